The zero-order valence-corrected chi connectivity index (χ0v) is 9.93. The van der Waals surface area contributed by atoms with E-state index in [9.17, 15) is 10.2 Å². The van der Waals surface area contributed by atoms with Crippen molar-refractivity contribution in [2.45, 2.75) is 45.8 Å². The molecule has 0 aromatic rings. The highest BCUT2D eigenvalue weighted by molar-refractivity contribution is 7.57. The predicted molar refractivity (Wildman–Crippen MR) is 59.8 cm³/mol. The van der Waals surface area contributed by atoms with Crippen molar-refractivity contribution >= 4 is 7.92 Å². The Morgan fingerprint density at radius 1 is 1.08 bits per heavy atom. The van der Waals surface area contributed by atoms with E-state index in [0.717, 1.165) is 12.3 Å². The molecule has 0 heterocycles. The lowest BCUT2D eigenvalue weighted by Gasteiger charge is -2.20. The molecule has 0 aliphatic heterocycles. The molecule has 2 nitrogen and oxygen atoms in total. The number of rotatable bonds is 7. The molecule has 2 N–H and O–H groups in total. The molecule has 0 amide bonds. The van der Waals surface area contributed by atoms with E-state index in [4.69, 9.17) is 0 Å². The first-order chi connectivity index (χ1) is 6.06. The van der Waals surface area contributed by atoms with Gasteiger partial charge in [-0.25, -0.2) is 0 Å². The molecular formula is C10H23O2P. The van der Waals surface area contributed by atoms with Gasteiger partial charge < -0.3 is 10.2 Å². The lowest BCUT2D eigenvalue weighted by Crippen LogP contribution is -2.14. The molecule has 2 unspecified atom stereocenters. The highest BCUT2D eigenvalue weighted by atomic mass is 31.1. The van der Waals surface area contributed by atoms with Crippen LogP contribution in [0.5, 0.6) is 0 Å². The summed E-state index contributed by atoms with van der Waals surface area (Å²) in [7, 11) is -0.145. The zero-order chi connectivity index (χ0) is 10.3. The van der Waals surface area contributed by atoms with E-state index in [0.29, 0.717) is 0 Å². The SMILES string of the molecule is CCCCP(CC(C)O)CC(C)O. The van der Waals surface area contributed by atoms with Gasteiger partial charge >= 0.3 is 0 Å². The molecule has 0 spiro atoms. The Labute approximate surface area is 83.1 Å². The van der Waals surface area contributed by atoms with Crippen LogP contribution in [0.2, 0.25) is 0 Å². The summed E-state index contributed by atoms with van der Waals surface area (Å²) in [6.45, 7) is 5.85. The average molecular weight is 206 g/mol. The molecule has 0 fully saturated rings. The predicted octanol–water partition coefficient (Wildman–Crippen LogP) is 2.03. The zero-order valence-electron chi connectivity index (χ0n) is 9.03. The summed E-state index contributed by atoms with van der Waals surface area (Å²) in [5.41, 5.74) is 0. The van der Waals surface area contributed by atoms with Gasteiger partial charge in [-0.2, -0.15) is 0 Å². The third kappa shape index (κ3) is 8.67. The van der Waals surface area contributed by atoms with Gasteiger partial charge in [0.2, 0.25) is 0 Å². The van der Waals surface area contributed by atoms with Crippen molar-refractivity contribution in [1.29, 1.82) is 0 Å². The van der Waals surface area contributed by atoms with Gasteiger partial charge in [-0.15, -0.1) is 7.92 Å². The molecular weight excluding hydrogens is 183 g/mol. The highest BCUT2D eigenvalue weighted by Crippen LogP contribution is 2.37. The molecule has 0 radical (unpaired) electrons. The van der Waals surface area contributed by atoms with Gasteiger partial charge in [0.15, 0.2) is 0 Å². The number of aliphatic hydroxyl groups is 2. The Morgan fingerprint density at radius 3 is 1.85 bits per heavy atom. The molecule has 80 valence electrons. The Bertz CT molecular complexity index is 105. The van der Waals surface area contributed by atoms with Crippen LogP contribution in [0.15, 0.2) is 0 Å². The summed E-state index contributed by atoms with van der Waals surface area (Å²) < 4.78 is 0. The van der Waals surface area contributed by atoms with Gasteiger partial charge in [0, 0.05) is 0 Å². The van der Waals surface area contributed by atoms with Crippen molar-refractivity contribution in [2.75, 3.05) is 18.5 Å². The van der Waals surface area contributed by atoms with Gasteiger partial charge in [0.1, 0.15) is 0 Å². The van der Waals surface area contributed by atoms with E-state index in [2.05, 4.69) is 6.92 Å². The maximum absolute atomic E-state index is 9.27. The van der Waals surface area contributed by atoms with E-state index in [-0.39, 0.29) is 20.1 Å². The summed E-state index contributed by atoms with van der Waals surface area (Å²) in [4.78, 5) is 0. The van der Waals surface area contributed by atoms with Crippen molar-refractivity contribution in [1.82, 2.24) is 0 Å². The van der Waals surface area contributed by atoms with Crippen molar-refractivity contribution in [2.24, 2.45) is 0 Å². The molecule has 13 heavy (non-hydrogen) atoms. The van der Waals surface area contributed by atoms with Crippen molar-refractivity contribution in [3.63, 3.8) is 0 Å². The maximum atomic E-state index is 9.27. The van der Waals surface area contributed by atoms with Crippen LogP contribution in [0, 0.1) is 0 Å². The molecule has 0 aromatic heterocycles. The topological polar surface area (TPSA) is 40.5 Å². The largest absolute Gasteiger partial charge is 0.393 e. The van der Waals surface area contributed by atoms with Crippen LogP contribution in [0.3, 0.4) is 0 Å². The van der Waals surface area contributed by atoms with Gasteiger partial charge in [-0.3, -0.25) is 0 Å². The summed E-state index contributed by atoms with van der Waals surface area (Å²) in [5.74, 6) is 0. The summed E-state index contributed by atoms with van der Waals surface area (Å²) >= 11 is 0. The molecule has 2 atom stereocenters. The number of hydrogen-bond donors (Lipinski definition) is 2. The van der Waals surface area contributed by atoms with Crippen molar-refractivity contribution < 1.29 is 10.2 Å². The van der Waals surface area contributed by atoms with Gasteiger partial charge in [0.05, 0.1) is 12.2 Å². The number of aliphatic hydroxyl groups excluding tert-OH is 2. The number of hydrogen-bond acceptors (Lipinski definition) is 2. The summed E-state index contributed by atoms with van der Waals surface area (Å²) in [6, 6.07) is 0. The fourth-order valence-electron chi connectivity index (χ4n) is 1.39. The first-order valence-corrected chi connectivity index (χ1v) is 7.04. The fourth-order valence-corrected chi connectivity index (χ4v) is 4.16. The fraction of sp³-hybridized carbons (Fsp3) is 1.00. The molecule has 0 aliphatic carbocycles. The van der Waals surface area contributed by atoms with Crippen LogP contribution in [0.25, 0.3) is 0 Å². The van der Waals surface area contributed by atoms with Crippen LogP contribution in [0.4, 0.5) is 0 Å². The quantitative estimate of drug-likeness (QED) is 0.626. The Kier molecular flexibility index (Phi) is 7.93. The standard InChI is InChI=1S/C10H23O2P/c1-4-5-6-13(7-9(2)11)8-10(3)12/h9-12H,4-8H2,1-3H3. The first-order valence-electron chi connectivity index (χ1n) is 5.14. The van der Waals surface area contributed by atoms with Crippen LogP contribution < -0.4 is 0 Å². The maximum Gasteiger partial charge on any atom is 0.0551 e. The van der Waals surface area contributed by atoms with Crippen LogP contribution >= 0.6 is 7.92 Å². The van der Waals surface area contributed by atoms with Gasteiger partial charge in [-0.1, -0.05) is 13.3 Å². The molecule has 0 aromatic carbocycles. The highest BCUT2D eigenvalue weighted by Gasteiger charge is 2.12. The normalized spacial score (nSPS) is 18.2. The van der Waals surface area contributed by atoms with E-state index in [1.807, 2.05) is 13.8 Å². The second kappa shape index (κ2) is 7.73. The minimum atomic E-state index is -0.207. The molecule has 0 bridgehead atoms. The first kappa shape index (κ1) is 13.4. The van der Waals surface area contributed by atoms with Crippen molar-refractivity contribution in [3.05, 3.63) is 0 Å². The molecule has 0 aliphatic rings. The van der Waals surface area contributed by atoms with E-state index < -0.39 is 0 Å². The molecule has 0 rings (SSSR count). The van der Waals surface area contributed by atoms with Gasteiger partial charge in [-0.05, 0) is 38.8 Å². The molecule has 0 saturated heterocycles. The molecule has 0 saturated carbocycles. The third-order valence-electron chi connectivity index (χ3n) is 1.87. The van der Waals surface area contributed by atoms with E-state index >= 15 is 0 Å². The lowest BCUT2D eigenvalue weighted by molar-refractivity contribution is 0.213. The summed E-state index contributed by atoms with van der Waals surface area (Å²) in [5, 5.41) is 18.5. The van der Waals surface area contributed by atoms with E-state index in [1.54, 1.807) is 0 Å². The van der Waals surface area contributed by atoms with Crippen LogP contribution in [0.1, 0.15) is 33.6 Å². The van der Waals surface area contributed by atoms with Crippen LogP contribution in [-0.4, -0.2) is 40.9 Å². The average Bonchev–Trinajstić information content (AvgIpc) is 1.98. The molecule has 3 heteroatoms. The second-order valence-corrected chi connectivity index (χ2v) is 6.33. The minimum Gasteiger partial charge on any atom is -0.393 e. The third-order valence-corrected chi connectivity index (χ3v) is 4.91. The van der Waals surface area contributed by atoms with Crippen LogP contribution in [-0.2, 0) is 0 Å². The minimum absolute atomic E-state index is 0.145. The number of unbranched alkanes of at least 4 members (excludes halogenated alkanes) is 1. The second-order valence-electron chi connectivity index (χ2n) is 3.81. The Morgan fingerprint density at radius 2 is 1.54 bits per heavy atom. The van der Waals surface area contributed by atoms with E-state index in [1.165, 1.54) is 19.0 Å². The summed E-state index contributed by atoms with van der Waals surface area (Å²) in [6.07, 6.45) is 4.99. The Hall–Kier alpha value is 0.350. The monoisotopic (exact) mass is 206 g/mol. The van der Waals surface area contributed by atoms with Gasteiger partial charge in [0.25, 0.3) is 0 Å². The van der Waals surface area contributed by atoms with Crippen molar-refractivity contribution in [3.8, 4) is 0 Å². The lowest BCUT2D eigenvalue weighted by atomic mass is 10.4. The Balaban J connectivity index is 3.73. The smallest absolute Gasteiger partial charge is 0.0551 e.